The van der Waals surface area contributed by atoms with Crippen molar-refractivity contribution in [3.8, 4) is 5.75 Å². The van der Waals surface area contributed by atoms with Crippen LogP contribution in [0.1, 0.15) is 13.3 Å². The molecule has 1 N–H and O–H groups in total. The highest BCUT2D eigenvalue weighted by Gasteiger charge is 2.05. The number of carboxylic acids is 1. The molecule has 0 saturated heterocycles. The first-order valence-electron chi connectivity index (χ1n) is 5.29. The minimum atomic E-state index is -0.839. The second-order valence-electron chi connectivity index (χ2n) is 3.59. The first-order chi connectivity index (χ1) is 7.63. The van der Waals surface area contributed by atoms with Crippen LogP contribution in [0.25, 0.3) is 0 Å². The van der Waals surface area contributed by atoms with Crippen LogP contribution >= 0.6 is 0 Å². The Morgan fingerprint density at radius 3 is 2.50 bits per heavy atom. The molecular weight excluding hydrogens is 206 g/mol. The van der Waals surface area contributed by atoms with Crippen LogP contribution in [-0.4, -0.2) is 31.3 Å². The molecule has 0 radical (unpaired) electrons. The zero-order chi connectivity index (χ0) is 12.0. The second kappa shape index (κ2) is 6.00. The summed E-state index contributed by atoms with van der Waals surface area (Å²) in [6.07, 6.45) is 0.973. The fourth-order valence-electron chi connectivity index (χ4n) is 1.31. The number of nitrogens with zero attached hydrogens (tertiary/aromatic N) is 1. The van der Waals surface area contributed by atoms with Crippen molar-refractivity contribution >= 4 is 11.7 Å². The van der Waals surface area contributed by atoms with Crippen molar-refractivity contribution < 1.29 is 14.6 Å². The minimum Gasteiger partial charge on any atom is -0.494 e. The smallest absolute Gasteiger partial charge is 0.323 e. The maximum Gasteiger partial charge on any atom is 0.323 e. The summed E-state index contributed by atoms with van der Waals surface area (Å²) in [6, 6.07) is 7.41. The molecule has 88 valence electrons. The Labute approximate surface area is 95.5 Å². The van der Waals surface area contributed by atoms with E-state index in [1.54, 1.807) is 11.9 Å². The Balaban J connectivity index is 2.59. The van der Waals surface area contributed by atoms with Crippen LogP contribution in [0.15, 0.2) is 24.3 Å². The zero-order valence-electron chi connectivity index (χ0n) is 9.64. The zero-order valence-corrected chi connectivity index (χ0v) is 9.64. The molecule has 0 amide bonds. The van der Waals surface area contributed by atoms with E-state index in [1.807, 2.05) is 24.3 Å². The molecule has 0 aliphatic rings. The topological polar surface area (TPSA) is 49.8 Å². The predicted molar refractivity (Wildman–Crippen MR) is 63.1 cm³/mol. The normalized spacial score (nSPS) is 9.88. The largest absolute Gasteiger partial charge is 0.494 e. The second-order valence-corrected chi connectivity index (χ2v) is 3.59. The van der Waals surface area contributed by atoms with E-state index in [1.165, 1.54) is 0 Å². The van der Waals surface area contributed by atoms with Crippen molar-refractivity contribution in [1.82, 2.24) is 0 Å². The van der Waals surface area contributed by atoms with E-state index in [0.29, 0.717) is 6.61 Å². The van der Waals surface area contributed by atoms with E-state index in [2.05, 4.69) is 6.92 Å². The highest BCUT2D eigenvalue weighted by atomic mass is 16.5. The van der Waals surface area contributed by atoms with Gasteiger partial charge in [-0.1, -0.05) is 6.92 Å². The number of hydrogen-bond acceptors (Lipinski definition) is 3. The quantitative estimate of drug-likeness (QED) is 0.801. The summed E-state index contributed by atoms with van der Waals surface area (Å²) >= 11 is 0. The fraction of sp³-hybridized carbons (Fsp3) is 0.417. The summed E-state index contributed by atoms with van der Waals surface area (Å²) in [5, 5.41) is 8.65. The monoisotopic (exact) mass is 223 g/mol. The Morgan fingerprint density at radius 2 is 2.00 bits per heavy atom. The van der Waals surface area contributed by atoms with Gasteiger partial charge in [0, 0.05) is 12.7 Å². The van der Waals surface area contributed by atoms with E-state index < -0.39 is 5.97 Å². The lowest BCUT2D eigenvalue weighted by molar-refractivity contribution is -0.135. The van der Waals surface area contributed by atoms with Crippen LogP contribution in [0.2, 0.25) is 0 Å². The first kappa shape index (κ1) is 12.4. The number of benzene rings is 1. The number of carboxylic acid groups (broad SMARTS) is 1. The number of hydrogen-bond donors (Lipinski definition) is 1. The van der Waals surface area contributed by atoms with Crippen LogP contribution in [0, 0.1) is 0 Å². The summed E-state index contributed by atoms with van der Waals surface area (Å²) in [5.41, 5.74) is 0.867. The lowest BCUT2D eigenvalue weighted by Gasteiger charge is -2.16. The Bertz CT molecular complexity index is 335. The van der Waals surface area contributed by atoms with E-state index in [0.717, 1.165) is 17.9 Å². The van der Waals surface area contributed by atoms with Gasteiger partial charge in [0.2, 0.25) is 0 Å². The number of rotatable bonds is 6. The highest BCUT2D eigenvalue weighted by Crippen LogP contribution is 2.18. The summed E-state index contributed by atoms with van der Waals surface area (Å²) in [4.78, 5) is 12.2. The molecule has 0 heterocycles. The van der Waals surface area contributed by atoms with Gasteiger partial charge in [0.25, 0.3) is 0 Å². The van der Waals surface area contributed by atoms with Crippen molar-refractivity contribution in [1.29, 1.82) is 0 Å². The molecule has 1 aromatic rings. The lowest BCUT2D eigenvalue weighted by Crippen LogP contribution is -2.24. The van der Waals surface area contributed by atoms with Gasteiger partial charge < -0.3 is 14.7 Å². The number of aliphatic carboxylic acids is 1. The molecule has 1 aromatic carbocycles. The van der Waals surface area contributed by atoms with Gasteiger partial charge in [-0.3, -0.25) is 4.79 Å². The van der Waals surface area contributed by atoms with E-state index in [4.69, 9.17) is 9.84 Å². The molecule has 0 aliphatic carbocycles. The molecule has 0 atom stereocenters. The van der Waals surface area contributed by atoms with Gasteiger partial charge in [-0.15, -0.1) is 0 Å². The third-order valence-electron chi connectivity index (χ3n) is 2.12. The van der Waals surface area contributed by atoms with E-state index >= 15 is 0 Å². The Hall–Kier alpha value is -1.71. The number of ether oxygens (including phenoxy) is 1. The van der Waals surface area contributed by atoms with Gasteiger partial charge in [0.1, 0.15) is 12.3 Å². The molecule has 4 heteroatoms. The van der Waals surface area contributed by atoms with Crippen LogP contribution in [0.4, 0.5) is 5.69 Å². The Kier molecular flexibility index (Phi) is 4.64. The van der Waals surface area contributed by atoms with Crippen molar-refractivity contribution in [3.63, 3.8) is 0 Å². The molecule has 0 bridgehead atoms. The minimum absolute atomic E-state index is 0.00480. The highest BCUT2D eigenvalue weighted by molar-refractivity contribution is 5.73. The molecule has 0 saturated carbocycles. The van der Waals surface area contributed by atoms with Crippen LogP contribution < -0.4 is 9.64 Å². The molecular formula is C12H17NO3. The first-order valence-corrected chi connectivity index (χ1v) is 5.29. The lowest BCUT2D eigenvalue weighted by atomic mass is 10.3. The maximum absolute atomic E-state index is 10.5. The standard InChI is InChI=1S/C12H17NO3/c1-3-8-16-11-6-4-10(5-7-11)13(2)9-12(14)15/h4-7H,3,8-9H2,1-2H3,(H,14,15). The van der Waals surface area contributed by atoms with Gasteiger partial charge in [-0.2, -0.15) is 0 Å². The van der Waals surface area contributed by atoms with Crippen LogP contribution in [-0.2, 0) is 4.79 Å². The predicted octanol–water partition coefficient (Wildman–Crippen LogP) is 2.00. The van der Waals surface area contributed by atoms with Crippen LogP contribution in [0.3, 0.4) is 0 Å². The SMILES string of the molecule is CCCOc1ccc(N(C)CC(=O)O)cc1. The van der Waals surface area contributed by atoms with Crippen molar-refractivity contribution in [2.45, 2.75) is 13.3 Å². The number of likely N-dealkylation sites (N-methyl/N-ethyl adjacent to an activating group) is 1. The molecule has 0 fully saturated rings. The third-order valence-corrected chi connectivity index (χ3v) is 2.12. The maximum atomic E-state index is 10.5. The number of carbonyl (C=O) groups is 1. The van der Waals surface area contributed by atoms with Crippen molar-refractivity contribution in [3.05, 3.63) is 24.3 Å². The van der Waals surface area contributed by atoms with Gasteiger partial charge >= 0.3 is 5.97 Å². The van der Waals surface area contributed by atoms with Gasteiger partial charge in [0.15, 0.2) is 0 Å². The van der Waals surface area contributed by atoms with E-state index in [9.17, 15) is 4.79 Å². The molecule has 4 nitrogen and oxygen atoms in total. The molecule has 1 rings (SSSR count). The Morgan fingerprint density at radius 1 is 1.38 bits per heavy atom. The fourth-order valence-corrected chi connectivity index (χ4v) is 1.31. The average Bonchev–Trinajstić information content (AvgIpc) is 2.26. The molecule has 0 unspecified atom stereocenters. The summed E-state index contributed by atoms with van der Waals surface area (Å²) < 4.78 is 5.44. The summed E-state index contributed by atoms with van der Waals surface area (Å²) in [7, 11) is 1.75. The van der Waals surface area contributed by atoms with Crippen molar-refractivity contribution in [2.24, 2.45) is 0 Å². The van der Waals surface area contributed by atoms with Crippen molar-refractivity contribution in [2.75, 3.05) is 25.1 Å². The van der Waals surface area contributed by atoms with Gasteiger partial charge in [-0.25, -0.2) is 0 Å². The van der Waals surface area contributed by atoms with Crippen LogP contribution in [0.5, 0.6) is 5.75 Å². The van der Waals surface area contributed by atoms with Gasteiger partial charge in [-0.05, 0) is 30.7 Å². The van der Waals surface area contributed by atoms with E-state index in [-0.39, 0.29) is 6.54 Å². The third kappa shape index (κ3) is 3.81. The molecule has 0 aromatic heterocycles. The summed E-state index contributed by atoms with van der Waals surface area (Å²) in [5.74, 6) is -0.0249. The molecule has 0 spiro atoms. The average molecular weight is 223 g/mol. The molecule has 16 heavy (non-hydrogen) atoms. The summed E-state index contributed by atoms with van der Waals surface area (Å²) in [6.45, 7) is 2.74. The number of anilines is 1. The van der Waals surface area contributed by atoms with Gasteiger partial charge in [0.05, 0.1) is 6.61 Å². The molecule has 0 aliphatic heterocycles.